The van der Waals surface area contributed by atoms with Crippen LogP contribution < -0.4 is 15.8 Å². The number of fused-ring (bicyclic) bond motifs is 1. The third kappa shape index (κ3) is 3.75. The lowest BCUT2D eigenvalue weighted by atomic mass is 10.0. The van der Waals surface area contributed by atoms with Crippen molar-refractivity contribution in [2.75, 3.05) is 18.2 Å². The Morgan fingerprint density at radius 1 is 1.36 bits per heavy atom. The first-order valence-corrected chi connectivity index (χ1v) is 9.14. The number of ether oxygens (including phenoxy) is 1. The molecule has 3 N–H and O–H groups in total. The highest BCUT2D eigenvalue weighted by molar-refractivity contribution is 6.12. The zero-order valence-corrected chi connectivity index (χ0v) is 16.6. The molecular weight excluding hydrogens is 380 g/mol. The molecule has 8 heteroatoms. The summed E-state index contributed by atoms with van der Waals surface area (Å²) in [6.07, 6.45) is 3.81. The van der Waals surface area contributed by atoms with Gasteiger partial charge in [0.25, 0.3) is 11.6 Å². The Hall–Kier alpha value is -2.80. The lowest BCUT2D eigenvalue weighted by molar-refractivity contribution is 0.102. The monoisotopic (exact) mass is 402 g/mol. The van der Waals surface area contributed by atoms with Gasteiger partial charge in [-0.3, -0.25) is 4.79 Å². The van der Waals surface area contributed by atoms with E-state index in [1.54, 1.807) is 25.3 Å². The second-order valence-corrected chi connectivity index (χ2v) is 6.84. The number of nitrogens with two attached hydrogens (primary N) is 1. The number of pyridine rings is 1. The Labute approximate surface area is 169 Å². The van der Waals surface area contributed by atoms with Crippen LogP contribution in [0.2, 0.25) is 0 Å². The van der Waals surface area contributed by atoms with Gasteiger partial charge in [0.2, 0.25) is 0 Å². The van der Waals surface area contributed by atoms with E-state index in [-0.39, 0.29) is 18.3 Å². The second-order valence-electron chi connectivity index (χ2n) is 6.84. The molecule has 4 rings (SSSR count). The Morgan fingerprint density at radius 2 is 2.14 bits per heavy atom. The number of hydrogen-bond donors (Lipinski definition) is 2. The number of rotatable bonds is 6. The van der Waals surface area contributed by atoms with Gasteiger partial charge >= 0.3 is 0 Å². The summed E-state index contributed by atoms with van der Waals surface area (Å²) in [5.41, 5.74) is 9.64. The molecule has 2 aromatic heterocycles. The molecule has 1 saturated carbocycles. The molecule has 0 saturated heterocycles. The maximum atomic E-state index is 13.1. The van der Waals surface area contributed by atoms with E-state index in [2.05, 4.69) is 22.4 Å². The maximum absolute atomic E-state index is 13.1. The molecule has 0 atom stereocenters. The number of benzene rings is 1. The van der Waals surface area contributed by atoms with E-state index in [0.29, 0.717) is 39.7 Å². The quantitative estimate of drug-likeness (QED) is 0.595. The normalized spacial score (nSPS) is 13.2. The Balaban J connectivity index is 0.00000225. The summed E-state index contributed by atoms with van der Waals surface area (Å²) in [5.74, 6) is 0.742. The van der Waals surface area contributed by atoms with Gasteiger partial charge in [-0.05, 0) is 43.5 Å². The van der Waals surface area contributed by atoms with E-state index in [9.17, 15) is 4.79 Å². The smallest absolute Gasteiger partial charge is 0.259 e. The van der Waals surface area contributed by atoms with Crippen molar-refractivity contribution in [2.24, 2.45) is 0 Å². The summed E-state index contributed by atoms with van der Waals surface area (Å²) >= 11 is 0. The molecule has 3 aromatic rings. The van der Waals surface area contributed by atoms with E-state index in [1.807, 2.05) is 6.07 Å². The topological polar surface area (TPSA) is 103 Å². The number of anilines is 2. The molecule has 0 spiro atoms. The number of carbonyl (C=O) groups excluding carboxylic acids is 1. The third-order valence-electron chi connectivity index (χ3n) is 4.75. The average molecular weight is 403 g/mol. The predicted molar refractivity (Wildman–Crippen MR) is 110 cm³/mol. The minimum absolute atomic E-state index is 0. The van der Waals surface area contributed by atoms with Crippen molar-refractivity contribution in [3.63, 3.8) is 0 Å². The Morgan fingerprint density at radius 3 is 2.79 bits per heavy atom. The zero-order chi connectivity index (χ0) is 19.0. The number of methoxy groups -OCH3 is 1. The summed E-state index contributed by atoms with van der Waals surface area (Å²) in [6, 6.07) is 7.04. The summed E-state index contributed by atoms with van der Waals surface area (Å²) in [7, 11) is 1.55. The van der Waals surface area contributed by atoms with Gasteiger partial charge in [0.15, 0.2) is 0 Å². The highest BCUT2D eigenvalue weighted by atomic mass is 35.5. The van der Waals surface area contributed by atoms with Gasteiger partial charge in [-0.25, -0.2) is 4.98 Å². The van der Waals surface area contributed by atoms with Crippen LogP contribution in [-0.2, 0) is 6.42 Å². The van der Waals surface area contributed by atoms with Crippen LogP contribution in [0.1, 0.15) is 53.8 Å². The molecule has 0 radical (unpaired) electrons. The number of hydrogen-bond acceptors (Lipinski definition) is 6. The highest BCUT2D eigenvalue weighted by Crippen LogP contribution is 2.40. The molecule has 1 aliphatic carbocycles. The van der Waals surface area contributed by atoms with Crippen molar-refractivity contribution >= 4 is 40.8 Å². The molecule has 28 heavy (non-hydrogen) atoms. The van der Waals surface area contributed by atoms with Gasteiger partial charge in [0, 0.05) is 17.3 Å². The standard InChI is InChI=1S/C20H22N4O3.ClH/c1-3-4-15-18-13(10-16(11-5-6-11)23-20(18)27-24-15)19(25)22-12-7-8-17(26-2)14(21)9-12;/h7-11H,3-6,21H2,1-2H3,(H,22,25);1H. The molecule has 0 unspecified atom stereocenters. The predicted octanol–water partition coefficient (Wildman–Crippen LogP) is 4.32. The van der Waals surface area contributed by atoms with Gasteiger partial charge in [-0.2, -0.15) is 0 Å². The first kappa shape index (κ1) is 19.9. The van der Waals surface area contributed by atoms with Gasteiger partial charge in [-0.1, -0.05) is 18.5 Å². The van der Waals surface area contributed by atoms with Crippen LogP contribution in [0.25, 0.3) is 11.1 Å². The summed E-state index contributed by atoms with van der Waals surface area (Å²) in [4.78, 5) is 17.6. The van der Waals surface area contributed by atoms with E-state index < -0.39 is 0 Å². The molecule has 2 heterocycles. The van der Waals surface area contributed by atoms with Crippen molar-refractivity contribution in [2.45, 2.75) is 38.5 Å². The largest absolute Gasteiger partial charge is 0.495 e. The fourth-order valence-corrected chi connectivity index (χ4v) is 3.21. The molecule has 1 aliphatic rings. The van der Waals surface area contributed by atoms with E-state index >= 15 is 0 Å². The molecule has 148 valence electrons. The Kier molecular flexibility index (Phi) is 5.74. The summed E-state index contributed by atoms with van der Waals surface area (Å²) in [5, 5.41) is 7.75. The average Bonchev–Trinajstić information content (AvgIpc) is 3.43. The molecule has 1 amide bonds. The number of nitrogens with one attached hydrogen (secondary N) is 1. The lowest BCUT2D eigenvalue weighted by Gasteiger charge is -2.10. The van der Waals surface area contributed by atoms with Crippen molar-refractivity contribution in [3.8, 4) is 5.75 Å². The van der Waals surface area contributed by atoms with Crippen LogP contribution in [0.3, 0.4) is 0 Å². The third-order valence-corrected chi connectivity index (χ3v) is 4.75. The number of nitrogens with zero attached hydrogens (tertiary/aromatic N) is 2. The van der Waals surface area contributed by atoms with E-state index in [1.165, 1.54) is 0 Å². The molecule has 0 bridgehead atoms. The van der Waals surface area contributed by atoms with Crippen molar-refractivity contribution in [1.82, 2.24) is 10.1 Å². The van der Waals surface area contributed by atoms with Crippen LogP contribution in [-0.4, -0.2) is 23.2 Å². The molecule has 1 aromatic carbocycles. The van der Waals surface area contributed by atoms with Crippen molar-refractivity contribution in [3.05, 3.63) is 41.2 Å². The fourth-order valence-electron chi connectivity index (χ4n) is 3.21. The first-order valence-electron chi connectivity index (χ1n) is 9.14. The van der Waals surface area contributed by atoms with Crippen LogP contribution in [0.4, 0.5) is 11.4 Å². The number of aryl methyl sites for hydroxylation is 1. The van der Waals surface area contributed by atoms with Crippen LogP contribution in [0.15, 0.2) is 28.8 Å². The van der Waals surface area contributed by atoms with Crippen molar-refractivity contribution < 1.29 is 14.1 Å². The number of nitrogen functional groups attached to an aromatic ring is 1. The minimum atomic E-state index is -0.227. The van der Waals surface area contributed by atoms with Gasteiger partial charge < -0.3 is 20.3 Å². The number of aromatic nitrogens is 2. The van der Waals surface area contributed by atoms with Crippen LogP contribution in [0.5, 0.6) is 5.75 Å². The van der Waals surface area contributed by atoms with Gasteiger partial charge in [-0.15, -0.1) is 12.4 Å². The lowest BCUT2D eigenvalue weighted by Crippen LogP contribution is -2.14. The van der Waals surface area contributed by atoms with Crippen LogP contribution in [0, 0.1) is 0 Å². The SMILES string of the molecule is CCCc1noc2nc(C3CC3)cc(C(=O)Nc3ccc(OC)c(N)c3)c12.Cl. The maximum Gasteiger partial charge on any atom is 0.259 e. The van der Waals surface area contributed by atoms with Gasteiger partial charge in [0.05, 0.1) is 29.4 Å². The highest BCUT2D eigenvalue weighted by Gasteiger charge is 2.29. The fraction of sp³-hybridized carbons (Fsp3) is 0.350. The molecule has 7 nitrogen and oxygen atoms in total. The van der Waals surface area contributed by atoms with Crippen LogP contribution >= 0.6 is 12.4 Å². The van der Waals surface area contributed by atoms with E-state index in [4.69, 9.17) is 15.0 Å². The summed E-state index contributed by atoms with van der Waals surface area (Å²) in [6.45, 7) is 2.06. The first-order chi connectivity index (χ1) is 13.1. The number of amides is 1. The summed E-state index contributed by atoms with van der Waals surface area (Å²) < 4.78 is 10.6. The molecule has 0 aliphatic heterocycles. The molecule has 1 fully saturated rings. The van der Waals surface area contributed by atoms with Crippen molar-refractivity contribution in [1.29, 1.82) is 0 Å². The number of carbonyl (C=O) groups is 1. The number of halogens is 1. The zero-order valence-electron chi connectivity index (χ0n) is 15.8. The molecular formula is C20H23ClN4O3. The van der Waals surface area contributed by atoms with Gasteiger partial charge in [0.1, 0.15) is 5.75 Å². The van der Waals surface area contributed by atoms with E-state index in [0.717, 1.165) is 37.1 Å². The Bertz CT molecular complexity index is 1010. The second kappa shape index (κ2) is 8.06. The minimum Gasteiger partial charge on any atom is -0.495 e.